The first-order valence-corrected chi connectivity index (χ1v) is 11.7. The summed E-state index contributed by atoms with van der Waals surface area (Å²) in [6, 6.07) is 4.11. The predicted octanol–water partition coefficient (Wildman–Crippen LogP) is 3.46. The van der Waals surface area contributed by atoms with Crippen LogP contribution in [0.4, 0.5) is 5.69 Å². The lowest BCUT2D eigenvalue weighted by molar-refractivity contribution is -0.385. The third kappa shape index (κ3) is 5.89. The van der Waals surface area contributed by atoms with Gasteiger partial charge in [-0.3, -0.25) is 10.1 Å². The van der Waals surface area contributed by atoms with Crippen molar-refractivity contribution in [2.45, 2.75) is 64.6 Å². The minimum atomic E-state index is -0.808. The molecule has 2 fully saturated rings. The van der Waals surface area contributed by atoms with E-state index in [0.717, 1.165) is 51.9 Å². The molecule has 0 aliphatic carbocycles. The van der Waals surface area contributed by atoms with Crippen LogP contribution < -0.4 is 10.6 Å². The van der Waals surface area contributed by atoms with Crippen LogP contribution >= 0.6 is 0 Å². The summed E-state index contributed by atoms with van der Waals surface area (Å²) in [6.45, 7) is 10.6. The number of para-hydroxylation sites is 1. The van der Waals surface area contributed by atoms with Crippen molar-refractivity contribution in [1.82, 2.24) is 10.6 Å². The van der Waals surface area contributed by atoms with Gasteiger partial charge < -0.3 is 20.1 Å². The largest absolute Gasteiger partial charge is 0.456 e. The quantitative estimate of drug-likeness (QED) is 0.360. The molecule has 0 bridgehead atoms. The smallest absolute Gasteiger partial charge is 0.345 e. The lowest BCUT2D eigenvalue weighted by atomic mass is 9.83. The number of nitro groups is 1. The number of ether oxygens (including phenoxy) is 2. The second-order valence-corrected chi connectivity index (χ2v) is 9.99. The van der Waals surface area contributed by atoms with Crippen molar-refractivity contribution >= 4 is 17.6 Å². The van der Waals surface area contributed by atoms with Crippen LogP contribution in [0, 0.1) is 22.0 Å². The summed E-state index contributed by atoms with van der Waals surface area (Å²) in [4.78, 5) is 37.3. The number of nitrogens with one attached hydrogen (secondary N) is 2. The zero-order chi connectivity index (χ0) is 24.2. The first kappa shape index (κ1) is 25.1. The van der Waals surface area contributed by atoms with Crippen LogP contribution in [-0.2, 0) is 9.47 Å². The van der Waals surface area contributed by atoms with E-state index in [1.54, 1.807) is 0 Å². The van der Waals surface area contributed by atoms with Crippen molar-refractivity contribution in [2.75, 3.05) is 26.2 Å². The normalized spacial score (nSPS) is 18.5. The van der Waals surface area contributed by atoms with Crippen LogP contribution in [0.25, 0.3) is 0 Å². The molecule has 0 radical (unpaired) electrons. The highest BCUT2D eigenvalue weighted by molar-refractivity contribution is 6.02. The number of piperidine rings is 2. The fourth-order valence-corrected chi connectivity index (χ4v) is 4.86. The number of nitro benzene ring substituents is 1. The van der Waals surface area contributed by atoms with Crippen molar-refractivity contribution in [3.05, 3.63) is 39.4 Å². The molecular formula is C24H35N3O6. The zero-order valence-corrected chi connectivity index (χ0v) is 19.9. The van der Waals surface area contributed by atoms with Gasteiger partial charge in [-0.15, -0.1) is 0 Å². The van der Waals surface area contributed by atoms with E-state index in [4.69, 9.17) is 9.47 Å². The van der Waals surface area contributed by atoms with Gasteiger partial charge in [0.1, 0.15) is 22.3 Å². The number of nitrogens with zero attached hydrogens (tertiary/aromatic N) is 1. The van der Waals surface area contributed by atoms with Gasteiger partial charge in [-0.25, -0.2) is 9.59 Å². The zero-order valence-electron chi connectivity index (χ0n) is 19.9. The highest BCUT2D eigenvalue weighted by Gasteiger charge is 2.39. The number of esters is 2. The average Bonchev–Trinajstić information content (AvgIpc) is 2.79. The van der Waals surface area contributed by atoms with E-state index in [2.05, 4.69) is 10.6 Å². The van der Waals surface area contributed by atoms with E-state index in [0.29, 0.717) is 0 Å². The maximum absolute atomic E-state index is 13.0. The molecule has 2 heterocycles. The second-order valence-electron chi connectivity index (χ2n) is 9.99. The minimum Gasteiger partial charge on any atom is -0.456 e. The molecule has 0 aromatic heterocycles. The Hall–Kier alpha value is -2.52. The summed E-state index contributed by atoms with van der Waals surface area (Å²) < 4.78 is 11.5. The van der Waals surface area contributed by atoms with Crippen molar-refractivity contribution in [2.24, 2.45) is 11.8 Å². The van der Waals surface area contributed by atoms with E-state index >= 15 is 0 Å². The second kappa shape index (κ2) is 10.2. The highest BCUT2D eigenvalue weighted by Crippen LogP contribution is 2.34. The van der Waals surface area contributed by atoms with Crippen LogP contribution in [0.1, 0.15) is 74.1 Å². The fourth-order valence-electron chi connectivity index (χ4n) is 4.86. The SMILES string of the molecule is CC(C)(OC(=O)c1cccc(C(=O)OC(C)(C)C2CCNCC2)c1[N+](=O)[O-])C1CCNCC1. The summed E-state index contributed by atoms with van der Waals surface area (Å²) in [7, 11) is 0. The van der Waals surface area contributed by atoms with Crippen LogP contribution in [-0.4, -0.2) is 54.2 Å². The van der Waals surface area contributed by atoms with Gasteiger partial charge in [-0.1, -0.05) is 6.07 Å². The molecule has 0 saturated carbocycles. The molecular weight excluding hydrogens is 426 g/mol. The van der Waals surface area contributed by atoms with E-state index < -0.39 is 33.8 Å². The number of benzene rings is 1. The molecule has 33 heavy (non-hydrogen) atoms. The molecule has 1 aromatic carbocycles. The molecule has 1 aromatic rings. The Morgan fingerprint density at radius 1 is 0.848 bits per heavy atom. The maximum Gasteiger partial charge on any atom is 0.345 e. The van der Waals surface area contributed by atoms with Crippen LogP contribution in [0.5, 0.6) is 0 Å². The molecule has 0 atom stereocenters. The van der Waals surface area contributed by atoms with Crippen molar-refractivity contribution in [3.8, 4) is 0 Å². The topological polar surface area (TPSA) is 120 Å². The van der Waals surface area contributed by atoms with Gasteiger partial charge in [-0.05, 0) is 91.7 Å². The molecule has 9 nitrogen and oxygen atoms in total. The highest BCUT2D eigenvalue weighted by atomic mass is 16.6. The van der Waals surface area contributed by atoms with Gasteiger partial charge in [0.15, 0.2) is 0 Å². The molecule has 0 unspecified atom stereocenters. The van der Waals surface area contributed by atoms with Gasteiger partial charge in [0.2, 0.25) is 0 Å². The summed E-state index contributed by atoms with van der Waals surface area (Å²) in [5, 5.41) is 18.5. The molecule has 9 heteroatoms. The van der Waals surface area contributed by atoms with Gasteiger partial charge >= 0.3 is 11.9 Å². The molecule has 2 aliphatic rings. The van der Waals surface area contributed by atoms with Gasteiger partial charge in [-0.2, -0.15) is 0 Å². The molecule has 0 spiro atoms. The standard InChI is InChI=1S/C24H35N3O6/c1-23(2,16-8-12-25-13-9-16)32-21(28)18-6-5-7-19(20(18)27(30)31)22(29)33-24(3,4)17-10-14-26-15-11-17/h5-7,16-17,25-26H,8-15H2,1-4H3. The molecule has 0 amide bonds. The molecule has 3 rings (SSSR count). The number of hydrogen-bond donors (Lipinski definition) is 2. The first-order valence-electron chi connectivity index (χ1n) is 11.7. The fraction of sp³-hybridized carbons (Fsp3) is 0.667. The van der Waals surface area contributed by atoms with Crippen molar-refractivity contribution < 1.29 is 24.0 Å². The third-order valence-electron chi connectivity index (χ3n) is 7.01. The molecule has 2 aliphatic heterocycles. The summed E-state index contributed by atoms with van der Waals surface area (Å²) in [5.74, 6) is -1.34. The lowest BCUT2D eigenvalue weighted by Crippen LogP contribution is -2.43. The number of carbonyl (C=O) groups is 2. The van der Waals surface area contributed by atoms with E-state index in [1.807, 2.05) is 27.7 Å². The monoisotopic (exact) mass is 461 g/mol. The van der Waals surface area contributed by atoms with Crippen LogP contribution in [0.2, 0.25) is 0 Å². The number of rotatable bonds is 7. The lowest BCUT2D eigenvalue weighted by Gasteiger charge is -2.37. The summed E-state index contributed by atoms with van der Waals surface area (Å²) in [5.41, 5.74) is -2.64. The van der Waals surface area contributed by atoms with E-state index in [1.165, 1.54) is 18.2 Å². The number of hydrogen-bond acceptors (Lipinski definition) is 8. The molecule has 182 valence electrons. The average molecular weight is 462 g/mol. The van der Waals surface area contributed by atoms with E-state index in [-0.39, 0.29) is 23.0 Å². The predicted molar refractivity (Wildman–Crippen MR) is 123 cm³/mol. The number of carbonyl (C=O) groups excluding carboxylic acids is 2. The van der Waals surface area contributed by atoms with E-state index in [9.17, 15) is 19.7 Å². The van der Waals surface area contributed by atoms with Crippen molar-refractivity contribution in [1.29, 1.82) is 0 Å². The third-order valence-corrected chi connectivity index (χ3v) is 7.01. The Balaban J connectivity index is 1.83. The van der Waals surface area contributed by atoms with Crippen LogP contribution in [0.3, 0.4) is 0 Å². The maximum atomic E-state index is 13.0. The Labute approximate surface area is 194 Å². The van der Waals surface area contributed by atoms with Crippen molar-refractivity contribution in [3.63, 3.8) is 0 Å². The van der Waals surface area contributed by atoms with Gasteiger partial charge in [0.05, 0.1) is 4.92 Å². The summed E-state index contributed by atoms with van der Waals surface area (Å²) in [6.07, 6.45) is 3.39. The Kier molecular flexibility index (Phi) is 7.74. The van der Waals surface area contributed by atoms with Gasteiger partial charge in [0.25, 0.3) is 5.69 Å². The Morgan fingerprint density at radius 2 is 1.21 bits per heavy atom. The van der Waals surface area contributed by atoms with Crippen LogP contribution in [0.15, 0.2) is 18.2 Å². The first-order chi connectivity index (χ1) is 15.5. The molecule has 2 saturated heterocycles. The summed E-state index contributed by atoms with van der Waals surface area (Å²) >= 11 is 0. The minimum absolute atomic E-state index is 0.140. The Morgan fingerprint density at radius 3 is 1.55 bits per heavy atom. The van der Waals surface area contributed by atoms with Gasteiger partial charge in [0, 0.05) is 11.8 Å². The Bertz CT molecular complexity index is 824. The molecule has 2 N–H and O–H groups in total.